The molecule has 0 fully saturated rings. The highest BCUT2D eigenvalue weighted by Gasteiger charge is 1.98. The van der Waals surface area contributed by atoms with Crippen LogP contribution in [0.2, 0.25) is 0 Å². The number of methoxy groups -OCH3 is 1. The molecule has 2 aromatic rings. The van der Waals surface area contributed by atoms with E-state index in [-0.39, 0.29) is 0 Å². The molecule has 0 aliphatic heterocycles. The number of benzene rings is 1. The lowest BCUT2D eigenvalue weighted by molar-refractivity contribution is -0.673. The topological polar surface area (TPSA) is 13.1 Å². The van der Waals surface area contributed by atoms with E-state index in [2.05, 4.69) is 22.8 Å². The minimum absolute atomic E-state index is 0.882. The van der Waals surface area contributed by atoms with E-state index in [9.17, 15) is 0 Å². The Bertz CT molecular complexity index is 515. The van der Waals surface area contributed by atoms with Gasteiger partial charge < -0.3 is 4.74 Å². The monoisotopic (exact) mass is 226 g/mol. The number of ether oxygens (including phenoxy) is 1. The van der Waals surface area contributed by atoms with E-state index >= 15 is 0 Å². The predicted octanol–water partition coefficient (Wildman–Crippen LogP) is 2.69. The molecule has 1 aromatic heterocycles. The summed E-state index contributed by atoms with van der Waals surface area (Å²) in [6, 6.07) is 14.1. The zero-order chi connectivity index (χ0) is 12.1. The van der Waals surface area contributed by atoms with Gasteiger partial charge >= 0.3 is 0 Å². The highest BCUT2D eigenvalue weighted by molar-refractivity contribution is 5.67. The molecule has 0 saturated carbocycles. The Morgan fingerprint density at radius 3 is 2.41 bits per heavy atom. The van der Waals surface area contributed by atoms with Gasteiger partial charge in [0.25, 0.3) is 0 Å². The van der Waals surface area contributed by atoms with Crippen molar-refractivity contribution in [1.29, 1.82) is 0 Å². The van der Waals surface area contributed by atoms with Crippen molar-refractivity contribution < 1.29 is 9.30 Å². The Morgan fingerprint density at radius 1 is 1.00 bits per heavy atom. The molecule has 0 amide bonds. The van der Waals surface area contributed by atoms with Crippen LogP contribution in [0.1, 0.15) is 11.3 Å². The van der Waals surface area contributed by atoms with Gasteiger partial charge in [0.15, 0.2) is 6.20 Å². The Morgan fingerprint density at radius 2 is 1.76 bits per heavy atom. The Balaban J connectivity index is 2.17. The number of pyridine rings is 1. The number of aromatic nitrogens is 1. The summed E-state index contributed by atoms with van der Waals surface area (Å²) in [7, 11) is 3.71. The maximum absolute atomic E-state index is 5.12. The summed E-state index contributed by atoms with van der Waals surface area (Å²) in [4.78, 5) is 0. The lowest BCUT2D eigenvalue weighted by atomic mass is 10.2. The van der Waals surface area contributed by atoms with Crippen LogP contribution in [-0.4, -0.2) is 7.11 Å². The van der Waals surface area contributed by atoms with Gasteiger partial charge in [-0.05, 0) is 29.8 Å². The summed E-state index contributed by atoms with van der Waals surface area (Å²) in [5.74, 6) is 0.882. The summed E-state index contributed by atoms with van der Waals surface area (Å²) in [6.45, 7) is 0. The fourth-order valence-corrected chi connectivity index (χ4v) is 1.61. The van der Waals surface area contributed by atoms with Gasteiger partial charge in [-0.3, -0.25) is 0 Å². The molecule has 2 heteroatoms. The number of aryl methyl sites for hydroxylation is 1. The lowest BCUT2D eigenvalue weighted by Crippen LogP contribution is -2.30. The normalized spacial score (nSPS) is 10.7. The third kappa shape index (κ3) is 2.94. The molecule has 0 unspecified atom stereocenters. The number of nitrogens with zero attached hydrogens (tertiary/aromatic N) is 1. The lowest BCUT2D eigenvalue weighted by Gasteiger charge is -1.98. The fraction of sp³-hybridized carbons (Fsp3) is 0.133. The second-order valence-corrected chi connectivity index (χ2v) is 3.84. The van der Waals surface area contributed by atoms with E-state index in [0.29, 0.717) is 0 Å². The van der Waals surface area contributed by atoms with Gasteiger partial charge in [0.1, 0.15) is 12.8 Å². The van der Waals surface area contributed by atoms with Crippen LogP contribution in [-0.2, 0) is 7.05 Å². The molecule has 86 valence electrons. The van der Waals surface area contributed by atoms with Crippen LogP contribution >= 0.6 is 0 Å². The largest absolute Gasteiger partial charge is 0.497 e. The number of hydrogen-bond acceptors (Lipinski definition) is 1. The zero-order valence-electron chi connectivity index (χ0n) is 10.1. The van der Waals surface area contributed by atoms with Crippen LogP contribution in [0.25, 0.3) is 12.2 Å². The molecule has 0 aliphatic rings. The molecule has 17 heavy (non-hydrogen) atoms. The first-order valence-electron chi connectivity index (χ1n) is 5.56. The van der Waals surface area contributed by atoms with Gasteiger partial charge in [-0.25, -0.2) is 4.57 Å². The average molecular weight is 226 g/mol. The number of hydrogen-bond donors (Lipinski definition) is 0. The molecule has 1 heterocycles. The molecule has 2 rings (SSSR count). The fourth-order valence-electron chi connectivity index (χ4n) is 1.61. The summed E-state index contributed by atoms with van der Waals surface area (Å²) < 4.78 is 7.21. The standard InChI is InChI=1S/C15H16NO/c1-16-12-4-3-5-14(16)9-6-13-7-10-15(17-2)11-8-13/h3-12H,1-2H3/q+1/b9-6+. The van der Waals surface area contributed by atoms with Crippen LogP contribution in [0.4, 0.5) is 0 Å². The van der Waals surface area contributed by atoms with E-state index in [1.165, 1.54) is 5.69 Å². The SMILES string of the molecule is COc1ccc(/C=C/c2cccc[n+]2C)cc1. The molecule has 0 spiro atoms. The van der Waals surface area contributed by atoms with Crippen LogP contribution in [0.5, 0.6) is 5.75 Å². The quantitative estimate of drug-likeness (QED) is 0.733. The highest BCUT2D eigenvalue weighted by Crippen LogP contribution is 2.13. The van der Waals surface area contributed by atoms with Crippen LogP contribution in [0, 0.1) is 0 Å². The summed E-state index contributed by atoms with van der Waals surface area (Å²) in [5.41, 5.74) is 2.33. The van der Waals surface area contributed by atoms with E-state index in [1.807, 2.05) is 49.6 Å². The highest BCUT2D eigenvalue weighted by atomic mass is 16.5. The first-order chi connectivity index (χ1) is 8.29. The van der Waals surface area contributed by atoms with Gasteiger partial charge in [-0.1, -0.05) is 12.1 Å². The van der Waals surface area contributed by atoms with Crippen molar-refractivity contribution in [1.82, 2.24) is 0 Å². The maximum atomic E-state index is 5.12. The van der Waals surface area contributed by atoms with Crippen molar-refractivity contribution in [3.63, 3.8) is 0 Å². The minimum Gasteiger partial charge on any atom is -0.497 e. The third-order valence-corrected chi connectivity index (χ3v) is 2.66. The van der Waals surface area contributed by atoms with Gasteiger partial charge in [0.05, 0.1) is 7.11 Å². The van der Waals surface area contributed by atoms with Crippen molar-refractivity contribution >= 4 is 12.2 Å². The van der Waals surface area contributed by atoms with Crippen LogP contribution in [0.3, 0.4) is 0 Å². The molecule has 0 bridgehead atoms. The first-order valence-corrected chi connectivity index (χ1v) is 5.56. The predicted molar refractivity (Wildman–Crippen MR) is 69.5 cm³/mol. The van der Waals surface area contributed by atoms with E-state index in [4.69, 9.17) is 4.74 Å². The second kappa shape index (κ2) is 5.30. The van der Waals surface area contributed by atoms with E-state index in [1.54, 1.807) is 7.11 Å². The molecule has 1 aromatic carbocycles. The van der Waals surface area contributed by atoms with E-state index in [0.717, 1.165) is 11.3 Å². The molecule has 0 saturated heterocycles. The Hall–Kier alpha value is -2.09. The Kier molecular flexibility index (Phi) is 3.55. The zero-order valence-corrected chi connectivity index (χ0v) is 10.1. The minimum atomic E-state index is 0.882. The summed E-state index contributed by atoms with van der Waals surface area (Å²) in [5, 5.41) is 0. The maximum Gasteiger partial charge on any atom is 0.204 e. The van der Waals surface area contributed by atoms with Crippen molar-refractivity contribution in [2.45, 2.75) is 0 Å². The number of rotatable bonds is 3. The van der Waals surface area contributed by atoms with Gasteiger partial charge in [0.2, 0.25) is 5.69 Å². The summed E-state index contributed by atoms with van der Waals surface area (Å²) in [6.07, 6.45) is 6.23. The van der Waals surface area contributed by atoms with Crippen molar-refractivity contribution in [3.8, 4) is 5.75 Å². The van der Waals surface area contributed by atoms with Gasteiger partial charge in [0, 0.05) is 18.2 Å². The van der Waals surface area contributed by atoms with Crippen molar-refractivity contribution in [3.05, 3.63) is 59.9 Å². The van der Waals surface area contributed by atoms with Gasteiger partial charge in [-0.2, -0.15) is 0 Å². The molecule has 2 nitrogen and oxygen atoms in total. The second-order valence-electron chi connectivity index (χ2n) is 3.84. The average Bonchev–Trinajstić information content (AvgIpc) is 2.38. The summed E-state index contributed by atoms with van der Waals surface area (Å²) >= 11 is 0. The third-order valence-electron chi connectivity index (χ3n) is 2.66. The Labute approximate surface area is 102 Å². The molecular weight excluding hydrogens is 210 g/mol. The molecule has 0 aliphatic carbocycles. The molecular formula is C15H16NO+. The van der Waals surface area contributed by atoms with Crippen LogP contribution < -0.4 is 9.30 Å². The molecule has 0 radical (unpaired) electrons. The van der Waals surface area contributed by atoms with Crippen LogP contribution in [0.15, 0.2) is 48.7 Å². The van der Waals surface area contributed by atoms with E-state index < -0.39 is 0 Å². The first kappa shape index (κ1) is 11.4. The van der Waals surface area contributed by atoms with Gasteiger partial charge in [-0.15, -0.1) is 0 Å². The smallest absolute Gasteiger partial charge is 0.204 e. The van der Waals surface area contributed by atoms with Crippen molar-refractivity contribution in [2.24, 2.45) is 7.05 Å². The van der Waals surface area contributed by atoms with Crippen molar-refractivity contribution in [2.75, 3.05) is 7.11 Å². The molecule has 0 N–H and O–H groups in total. The molecule has 0 atom stereocenters.